The summed E-state index contributed by atoms with van der Waals surface area (Å²) < 4.78 is 53.2. The van der Waals surface area contributed by atoms with Crippen LogP contribution in [0, 0.1) is 0 Å². The van der Waals surface area contributed by atoms with Crippen LogP contribution in [0.25, 0.3) is 0 Å². The lowest BCUT2D eigenvalue weighted by atomic mass is 10.1. The van der Waals surface area contributed by atoms with Crippen LogP contribution >= 0.6 is 0 Å². The Morgan fingerprint density at radius 2 is 1.94 bits per heavy atom. The summed E-state index contributed by atoms with van der Waals surface area (Å²) in [5, 5.41) is 0. The van der Waals surface area contributed by atoms with Gasteiger partial charge < -0.3 is 4.74 Å². The van der Waals surface area contributed by atoms with E-state index in [1.54, 1.807) is 0 Å². The molecule has 1 aromatic carbocycles. The number of ether oxygens (including phenoxy) is 1. The molecule has 0 bridgehead atoms. The molecule has 0 aliphatic heterocycles. The molecule has 1 aromatic rings. The van der Waals surface area contributed by atoms with Gasteiger partial charge in [0.1, 0.15) is 5.75 Å². The smallest absolute Gasteiger partial charge is 0.428 e. The number of hydrogen-bond donors (Lipinski definition) is 0. The van der Waals surface area contributed by atoms with Crippen LogP contribution in [0.5, 0.6) is 5.75 Å². The van der Waals surface area contributed by atoms with Crippen molar-refractivity contribution in [1.29, 1.82) is 0 Å². The molecule has 0 fully saturated rings. The summed E-state index contributed by atoms with van der Waals surface area (Å²) in [6, 6.07) is 5.07. The molecular weight excluding hydrogens is 240 g/mol. The predicted molar refractivity (Wildman–Crippen MR) is 52.6 cm³/mol. The zero-order chi connectivity index (χ0) is 13.1. The third-order valence-corrected chi connectivity index (χ3v) is 2.01. The Kier molecular flexibility index (Phi) is 4.09. The van der Waals surface area contributed by atoms with E-state index in [1.807, 2.05) is 0 Å². The predicted octanol–water partition coefficient (Wildman–Crippen LogP) is 3.52. The van der Waals surface area contributed by atoms with Crippen molar-refractivity contribution >= 4 is 5.78 Å². The first-order valence-electron chi connectivity index (χ1n) is 4.85. The van der Waals surface area contributed by atoms with Gasteiger partial charge in [0.05, 0.1) is 5.56 Å². The average Bonchev–Trinajstić information content (AvgIpc) is 2.28. The van der Waals surface area contributed by atoms with Crippen molar-refractivity contribution in [3.8, 4) is 5.75 Å². The molecule has 0 atom stereocenters. The lowest BCUT2D eigenvalue weighted by Crippen LogP contribution is -2.34. The van der Waals surface area contributed by atoms with Gasteiger partial charge in [0.25, 0.3) is 0 Å². The number of carbonyl (C=O) groups is 1. The maximum atomic E-state index is 12.7. The van der Waals surface area contributed by atoms with Gasteiger partial charge in [-0.15, -0.1) is 0 Å². The summed E-state index contributed by atoms with van der Waals surface area (Å²) in [5.74, 6) is -0.990. The molecule has 0 saturated carbocycles. The highest BCUT2D eigenvalue weighted by molar-refractivity contribution is 5.98. The molecule has 0 aliphatic carbocycles. The number of hydrogen-bond acceptors (Lipinski definition) is 2. The quantitative estimate of drug-likeness (QED) is 0.590. The van der Waals surface area contributed by atoms with E-state index in [2.05, 4.69) is 4.74 Å². The van der Waals surface area contributed by atoms with Crippen molar-refractivity contribution in [1.82, 2.24) is 0 Å². The Balaban J connectivity index is 3.03. The first-order valence-corrected chi connectivity index (χ1v) is 4.85. The summed E-state index contributed by atoms with van der Waals surface area (Å²) in [7, 11) is 0. The number of rotatable bonds is 5. The van der Waals surface area contributed by atoms with Crippen molar-refractivity contribution in [2.24, 2.45) is 0 Å². The van der Waals surface area contributed by atoms with Crippen LogP contribution < -0.4 is 4.74 Å². The Morgan fingerprint density at radius 3 is 2.47 bits per heavy atom. The van der Waals surface area contributed by atoms with Gasteiger partial charge in [0.2, 0.25) is 0 Å². The Bertz CT molecular complexity index is 404. The minimum atomic E-state index is -4.61. The van der Waals surface area contributed by atoms with Crippen molar-refractivity contribution in [3.63, 3.8) is 0 Å². The maximum absolute atomic E-state index is 12.7. The Morgan fingerprint density at radius 1 is 1.35 bits per heavy atom. The van der Waals surface area contributed by atoms with Crippen LogP contribution in [-0.2, 0) is 0 Å². The highest BCUT2D eigenvalue weighted by Crippen LogP contribution is 2.30. The van der Waals surface area contributed by atoms with E-state index in [0.29, 0.717) is 0 Å². The van der Waals surface area contributed by atoms with Crippen LogP contribution in [0.3, 0.4) is 0 Å². The second kappa shape index (κ2) is 5.16. The Labute approximate surface area is 95.2 Å². The fraction of sp³-hybridized carbons (Fsp3) is 0.364. The highest BCUT2D eigenvalue weighted by atomic mass is 19.3. The van der Waals surface area contributed by atoms with E-state index in [9.17, 15) is 22.4 Å². The van der Waals surface area contributed by atoms with Gasteiger partial charge in [-0.1, -0.05) is 19.1 Å². The molecule has 0 heterocycles. The average molecular weight is 250 g/mol. The van der Waals surface area contributed by atoms with Crippen LogP contribution in [0.4, 0.5) is 17.6 Å². The third-order valence-electron chi connectivity index (χ3n) is 2.01. The van der Waals surface area contributed by atoms with E-state index in [0.717, 1.165) is 6.07 Å². The van der Waals surface area contributed by atoms with Gasteiger partial charge in [-0.3, -0.25) is 4.79 Å². The fourth-order valence-electron chi connectivity index (χ4n) is 1.17. The molecule has 0 unspecified atom stereocenters. The molecule has 94 valence electrons. The number of Topliss-reactive ketones (excluding diaryl/α,β-unsaturated/α-hetero) is 1. The molecule has 0 saturated heterocycles. The second-order valence-electron chi connectivity index (χ2n) is 3.24. The van der Waals surface area contributed by atoms with E-state index in [-0.39, 0.29) is 12.0 Å². The lowest BCUT2D eigenvalue weighted by Gasteiger charge is -2.18. The van der Waals surface area contributed by atoms with Crippen LogP contribution in [0.15, 0.2) is 24.3 Å². The molecule has 0 N–H and O–H groups in total. The van der Waals surface area contributed by atoms with Gasteiger partial charge in [0.15, 0.2) is 5.78 Å². The van der Waals surface area contributed by atoms with Gasteiger partial charge in [-0.05, 0) is 12.1 Å². The number of alkyl halides is 4. The van der Waals surface area contributed by atoms with Crippen LogP contribution in [-0.4, -0.2) is 18.3 Å². The largest absolute Gasteiger partial charge is 0.461 e. The molecule has 1 rings (SSSR count). The van der Waals surface area contributed by atoms with Gasteiger partial charge in [0, 0.05) is 6.42 Å². The summed E-state index contributed by atoms with van der Waals surface area (Å²) in [6.07, 6.45) is -8.49. The number of halogens is 4. The summed E-state index contributed by atoms with van der Waals surface area (Å²) in [4.78, 5) is 11.4. The molecule has 17 heavy (non-hydrogen) atoms. The maximum Gasteiger partial charge on any atom is 0.461 e. The van der Waals surface area contributed by atoms with E-state index >= 15 is 0 Å². The summed E-state index contributed by atoms with van der Waals surface area (Å²) in [6.45, 7) is 1.53. The standard InChI is InChI=1S/C11H10F4O2/c1-2-8(16)7-5-3-4-6-9(7)17-11(14,15)10(12)13/h3-6,10H,2H2,1H3. The molecule has 0 aromatic heterocycles. The van der Waals surface area contributed by atoms with Gasteiger partial charge >= 0.3 is 12.5 Å². The minimum Gasteiger partial charge on any atom is -0.428 e. The number of benzene rings is 1. The monoisotopic (exact) mass is 250 g/mol. The van der Waals surface area contributed by atoms with Gasteiger partial charge in [-0.25, -0.2) is 0 Å². The molecule has 6 heteroatoms. The molecule has 0 radical (unpaired) electrons. The summed E-state index contributed by atoms with van der Waals surface area (Å²) >= 11 is 0. The van der Waals surface area contributed by atoms with E-state index in [1.165, 1.54) is 25.1 Å². The fourth-order valence-corrected chi connectivity index (χ4v) is 1.17. The van der Waals surface area contributed by atoms with Gasteiger partial charge in [-0.2, -0.15) is 17.6 Å². The topological polar surface area (TPSA) is 26.3 Å². The molecule has 0 spiro atoms. The molecule has 0 amide bonds. The molecule has 2 nitrogen and oxygen atoms in total. The lowest BCUT2D eigenvalue weighted by molar-refractivity contribution is -0.253. The number of ketones is 1. The van der Waals surface area contributed by atoms with E-state index < -0.39 is 24.1 Å². The normalized spacial score (nSPS) is 11.6. The SMILES string of the molecule is CCC(=O)c1ccccc1OC(F)(F)C(F)F. The van der Waals surface area contributed by atoms with Crippen molar-refractivity contribution in [3.05, 3.63) is 29.8 Å². The van der Waals surface area contributed by atoms with Crippen molar-refractivity contribution in [2.75, 3.05) is 0 Å². The second-order valence-corrected chi connectivity index (χ2v) is 3.24. The minimum absolute atomic E-state index is 0.0701. The first kappa shape index (κ1) is 13.5. The first-order chi connectivity index (χ1) is 7.88. The van der Waals surface area contributed by atoms with Crippen LogP contribution in [0.1, 0.15) is 23.7 Å². The zero-order valence-corrected chi connectivity index (χ0v) is 8.92. The van der Waals surface area contributed by atoms with Crippen molar-refractivity contribution in [2.45, 2.75) is 25.9 Å². The number of carbonyl (C=O) groups excluding carboxylic acids is 1. The zero-order valence-electron chi connectivity index (χ0n) is 8.92. The summed E-state index contributed by atoms with van der Waals surface area (Å²) in [5.41, 5.74) is -0.129. The highest BCUT2D eigenvalue weighted by Gasteiger charge is 2.44. The number of para-hydroxylation sites is 1. The van der Waals surface area contributed by atoms with Crippen molar-refractivity contribution < 1.29 is 27.1 Å². The molecular formula is C11H10F4O2. The Hall–Kier alpha value is -1.59. The van der Waals surface area contributed by atoms with Crippen LogP contribution in [0.2, 0.25) is 0 Å². The molecule has 0 aliphatic rings. The third kappa shape index (κ3) is 3.18. The van der Waals surface area contributed by atoms with E-state index in [4.69, 9.17) is 0 Å².